The Balaban J connectivity index is 1.56. The van der Waals surface area contributed by atoms with Crippen LogP contribution in [0.1, 0.15) is 17.3 Å². The number of aromatic nitrogens is 1. The van der Waals surface area contributed by atoms with Crippen molar-refractivity contribution in [2.24, 2.45) is 0 Å². The third kappa shape index (κ3) is 5.09. The standard InChI is InChI=1S/C25H26F2N4O3/c1-34-16-15-30(25(33)28-21-6-3-2-5-20(21)27)17-23(32)31-14-13-29-12-4-7-22(29)24(31)18-8-10-19(26)11-9-18/h2-12,24H,13-17H2,1H3,(H,28,33)/t24-/m1/s1. The number of nitrogens with zero attached hydrogens (tertiary/aromatic N) is 3. The van der Waals surface area contributed by atoms with Gasteiger partial charge in [-0.15, -0.1) is 0 Å². The number of anilines is 1. The van der Waals surface area contributed by atoms with E-state index in [0.29, 0.717) is 13.1 Å². The van der Waals surface area contributed by atoms with Crippen LogP contribution >= 0.6 is 0 Å². The molecule has 0 radical (unpaired) electrons. The van der Waals surface area contributed by atoms with E-state index >= 15 is 0 Å². The number of benzene rings is 2. The third-order valence-corrected chi connectivity index (χ3v) is 5.84. The largest absolute Gasteiger partial charge is 0.383 e. The summed E-state index contributed by atoms with van der Waals surface area (Å²) in [5.74, 6) is -1.20. The minimum absolute atomic E-state index is 0.0300. The maximum atomic E-state index is 14.0. The van der Waals surface area contributed by atoms with Crippen LogP contribution < -0.4 is 5.32 Å². The molecule has 9 heteroatoms. The Morgan fingerprint density at radius 1 is 1.06 bits per heavy atom. The SMILES string of the molecule is COCCN(CC(=O)N1CCn2cccc2[C@H]1c1ccc(F)cc1)C(=O)Nc1ccccc1F. The number of methoxy groups -OCH3 is 1. The molecule has 0 spiro atoms. The smallest absolute Gasteiger partial charge is 0.322 e. The topological polar surface area (TPSA) is 66.8 Å². The average molecular weight is 469 g/mol. The van der Waals surface area contributed by atoms with Crippen LogP contribution in [0.4, 0.5) is 19.3 Å². The Kier molecular flexibility index (Phi) is 7.22. The summed E-state index contributed by atoms with van der Waals surface area (Å²) in [6.07, 6.45) is 1.94. The number of hydrogen-bond donors (Lipinski definition) is 1. The van der Waals surface area contributed by atoms with E-state index in [9.17, 15) is 18.4 Å². The van der Waals surface area contributed by atoms with Crippen molar-refractivity contribution in [1.29, 1.82) is 0 Å². The molecule has 2 heterocycles. The zero-order chi connectivity index (χ0) is 24.1. The van der Waals surface area contributed by atoms with E-state index in [-0.39, 0.29) is 37.1 Å². The van der Waals surface area contributed by atoms with Crippen LogP contribution in [0.5, 0.6) is 0 Å². The van der Waals surface area contributed by atoms with Gasteiger partial charge in [0.15, 0.2) is 0 Å². The van der Waals surface area contributed by atoms with Gasteiger partial charge in [0, 0.05) is 38.6 Å². The summed E-state index contributed by atoms with van der Waals surface area (Å²) in [7, 11) is 1.50. The first-order valence-corrected chi connectivity index (χ1v) is 11.0. The van der Waals surface area contributed by atoms with Crippen molar-refractivity contribution in [2.45, 2.75) is 12.6 Å². The molecule has 7 nitrogen and oxygen atoms in total. The first-order chi connectivity index (χ1) is 16.5. The number of ether oxygens (including phenoxy) is 1. The van der Waals surface area contributed by atoms with Crippen LogP contribution in [0.2, 0.25) is 0 Å². The highest BCUT2D eigenvalue weighted by atomic mass is 19.1. The number of fused-ring (bicyclic) bond motifs is 1. The molecule has 2 aromatic carbocycles. The number of hydrogen-bond acceptors (Lipinski definition) is 3. The van der Waals surface area contributed by atoms with Crippen molar-refractivity contribution in [1.82, 2.24) is 14.4 Å². The number of rotatable bonds is 7. The highest BCUT2D eigenvalue weighted by Gasteiger charge is 2.33. The predicted molar refractivity (Wildman–Crippen MR) is 123 cm³/mol. The molecule has 3 aromatic rings. The quantitative estimate of drug-likeness (QED) is 0.572. The minimum atomic E-state index is -0.603. The van der Waals surface area contributed by atoms with Gasteiger partial charge >= 0.3 is 6.03 Å². The molecule has 0 fully saturated rings. The van der Waals surface area contributed by atoms with Gasteiger partial charge in [0.2, 0.25) is 5.91 Å². The van der Waals surface area contributed by atoms with E-state index < -0.39 is 17.9 Å². The summed E-state index contributed by atoms with van der Waals surface area (Å²) in [5, 5.41) is 2.53. The van der Waals surface area contributed by atoms with E-state index in [2.05, 4.69) is 9.88 Å². The molecule has 0 saturated heterocycles. The second kappa shape index (κ2) is 10.5. The van der Waals surface area contributed by atoms with Crippen LogP contribution in [0, 0.1) is 11.6 Å². The van der Waals surface area contributed by atoms with Crippen molar-refractivity contribution in [3.8, 4) is 0 Å². The van der Waals surface area contributed by atoms with Crippen LogP contribution in [-0.2, 0) is 16.1 Å². The minimum Gasteiger partial charge on any atom is -0.383 e. The fourth-order valence-corrected chi connectivity index (χ4v) is 4.11. The van der Waals surface area contributed by atoms with E-state index in [0.717, 1.165) is 11.3 Å². The number of halogens is 2. The summed E-state index contributed by atoms with van der Waals surface area (Å²) in [4.78, 5) is 29.4. The van der Waals surface area contributed by atoms with Crippen LogP contribution in [0.3, 0.4) is 0 Å². The second-order valence-electron chi connectivity index (χ2n) is 7.99. The highest BCUT2D eigenvalue weighted by molar-refractivity contribution is 5.92. The van der Waals surface area contributed by atoms with Crippen molar-refractivity contribution in [3.05, 3.63) is 89.8 Å². The monoisotopic (exact) mass is 468 g/mol. The predicted octanol–water partition coefficient (Wildman–Crippen LogP) is 3.88. The Morgan fingerprint density at radius 3 is 2.56 bits per heavy atom. The lowest BCUT2D eigenvalue weighted by atomic mass is 9.99. The number of nitrogens with one attached hydrogen (secondary N) is 1. The van der Waals surface area contributed by atoms with E-state index in [1.165, 1.54) is 42.3 Å². The van der Waals surface area contributed by atoms with Gasteiger partial charge in [-0.1, -0.05) is 24.3 Å². The van der Waals surface area contributed by atoms with Crippen LogP contribution in [0.15, 0.2) is 66.9 Å². The first kappa shape index (κ1) is 23.4. The van der Waals surface area contributed by atoms with Crippen LogP contribution in [0.25, 0.3) is 0 Å². The Morgan fingerprint density at radius 2 is 1.82 bits per heavy atom. The van der Waals surface area contributed by atoms with Gasteiger partial charge in [-0.3, -0.25) is 4.79 Å². The summed E-state index contributed by atoms with van der Waals surface area (Å²) in [5.41, 5.74) is 1.71. The summed E-state index contributed by atoms with van der Waals surface area (Å²) >= 11 is 0. The first-order valence-electron chi connectivity index (χ1n) is 11.0. The third-order valence-electron chi connectivity index (χ3n) is 5.84. The van der Waals surface area contributed by atoms with Gasteiger partial charge in [0.05, 0.1) is 18.3 Å². The molecule has 3 amide bonds. The van der Waals surface area contributed by atoms with E-state index in [1.807, 2.05) is 18.3 Å². The maximum Gasteiger partial charge on any atom is 0.322 e. The molecule has 4 rings (SSSR count). The van der Waals surface area contributed by atoms with Crippen molar-refractivity contribution < 1.29 is 23.1 Å². The van der Waals surface area contributed by atoms with Gasteiger partial charge in [-0.2, -0.15) is 0 Å². The van der Waals surface area contributed by atoms with Gasteiger partial charge < -0.3 is 24.4 Å². The summed E-state index contributed by atoms with van der Waals surface area (Å²) in [6, 6.07) is 14.7. The van der Waals surface area contributed by atoms with E-state index in [1.54, 1.807) is 23.1 Å². The molecule has 0 bridgehead atoms. The maximum absolute atomic E-state index is 14.0. The fourth-order valence-electron chi connectivity index (χ4n) is 4.11. The lowest BCUT2D eigenvalue weighted by molar-refractivity contribution is -0.134. The van der Waals surface area contributed by atoms with Gasteiger partial charge in [0.1, 0.15) is 18.2 Å². The Hall–Kier alpha value is -3.72. The van der Waals surface area contributed by atoms with Gasteiger partial charge in [-0.25, -0.2) is 13.6 Å². The highest BCUT2D eigenvalue weighted by Crippen LogP contribution is 2.32. The fraction of sp³-hybridized carbons (Fsp3) is 0.280. The molecule has 0 aliphatic carbocycles. The lowest BCUT2D eigenvalue weighted by Crippen LogP contribution is -2.49. The molecule has 178 valence electrons. The van der Waals surface area contributed by atoms with Crippen LogP contribution in [-0.4, -0.2) is 59.7 Å². The molecule has 1 N–H and O–H groups in total. The molecule has 1 atom stereocenters. The number of amides is 3. The lowest BCUT2D eigenvalue weighted by Gasteiger charge is -2.38. The molecule has 1 aromatic heterocycles. The molecule has 0 unspecified atom stereocenters. The average Bonchev–Trinajstić information content (AvgIpc) is 3.32. The Bertz CT molecular complexity index is 1150. The Labute approximate surface area is 196 Å². The van der Waals surface area contributed by atoms with Gasteiger partial charge in [0.25, 0.3) is 0 Å². The molecule has 1 aliphatic rings. The zero-order valence-corrected chi connectivity index (χ0v) is 18.8. The second-order valence-corrected chi connectivity index (χ2v) is 7.99. The number of carbonyl (C=O) groups excluding carboxylic acids is 2. The van der Waals surface area contributed by atoms with Crippen molar-refractivity contribution in [2.75, 3.05) is 38.7 Å². The number of carbonyl (C=O) groups is 2. The zero-order valence-electron chi connectivity index (χ0n) is 18.8. The van der Waals surface area contributed by atoms with E-state index in [4.69, 9.17) is 4.74 Å². The number of para-hydroxylation sites is 1. The molecular formula is C25H26F2N4O3. The number of urea groups is 1. The molecule has 0 saturated carbocycles. The molecular weight excluding hydrogens is 442 g/mol. The van der Waals surface area contributed by atoms with Crippen molar-refractivity contribution >= 4 is 17.6 Å². The van der Waals surface area contributed by atoms with Crippen molar-refractivity contribution in [3.63, 3.8) is 0 Å². The molecule has 1 aliphatic heterocycles. The molecule has 34 heavy (non-hydrogen) atoms. The van der Waals surface area contributed by atoms with Gasteiger partial charge in [-0.05, 0) is 42.0 Å². The summed E-state index contributed by atoms with van der Waals surface area (Å²) < 4.78 is 34.8. The normalized spacial score (nSPS) is 15.0. The summed E-state index contributed by atoms with van der Waals surface area (Å²) in [6.45, 7) is 1.17.